The van der Waals surface area contributed by atoms with Gasteiger partial charge in [-0.3, -0.25) is 0 Å². The number of benzene rings is 1. The van der Waals surface area contributed by atoms with Crippen LogP contribution in [0.4, 0.5) is 4.79 Å². The van der Waals surface area contributed by atoms with E-state index in [2.05, 4.69) is 16.8 Å². The van der Waals surface area contributed by atoms with Crippen molar-refractivity contribution in [1.29, 1.82) is 0 Å². The van der Waals surface area contributed by atoms with Crippen LogP contribution in [0.1, 0.15) is 31.2 Å². The van der Waals surface area contributed by atoms with Gasteiger partial charge in [-0.1, -0.05) is 24.3 Å². The molecule has 0 radical (unpaired) electrons. The number of hydrogen-bond acceptors (Lipinski definition) is 2. The molecule has 0 spiro atoms. The molecule has 4 nitrogen and oxygen atoms in total. The van der Waals surface area contributed by atoms with Crippen molar-refractivity contribution in [3.05, 3.63) is 42.0 Å². The van der Waals surface area contributed by atoms with Crippen molar-refractivity contribution in [2.24, 2.45) is 0 Å². The molecule has 2 aliphatic rings. The quantitative estimate of drug-likeness (QED) is 0.868. The van der Waals surface area contributed by atoms with Crippen LogP contribution in [-0.2, 0) is 6.42 Å². The molecule has 1 aromatic carbocycles. The number of methoxy groups -OCH3 is 1. The maximum atomic E-state index is 12.4. The lowest BCUT2D eigenvalue weighted by atomic mass is 9.99. The van der Waals surface area contributed by atoms with E-state index >= 15 is 0 Å². The number of amides is 2. The first-order chi connectivity index (χ1) is 10.7. The number of carbonyl (C=O) groups excluding carboxylic acids is 1. The van der Waals surface area contributed by atoms with Crippen LogP contribution in [-0.4, -0.2) is 36.7 Å². The van der Waals surface area contributed by atoms with Crippen LogP contribution in [0.3, 0.4) is 0 Å². The topological polar surface area (TPSA) is 41.6 Å². The van der Waals surface area contributed by atoms with Crippen LogP contribution in [0.5, 0.6) is 5.75 Å². The summed E-state index contributed by atoms with van der Waals surface area (Å²) in [5.41, 5.74) is 2.51. The van der Waals surface area contributed by atoms with E-state index in [9.17, 15) is 4.79 Å². The second-order valence-corrected chi connectivity index (χ2v) is 6.28. The Morgan fingerprint density at radius 2 is 1.91 bits per heavy atom. The minimum Gasteiger partial charge on any atom is -0.497 e. The smallest absolute Gasteiger partial charge is 0.317 e. The first kappa shape index (κ1) is 14.9. The summed E-state index contributed by atoms with van der Waals surface area (Å²) in [5, 5.41) is 3.07. The van der Waals surface area contributed by atoms with Gasteiger partial charge in [-0.05, 0) is 49.8 Å². The molecule has 2 unspecified atom stereocenters. The fourth-order valence-corrected chi connectivity index (χ4v) is 3.64. The van der Waals surface area contributed by atoms with Crippen molar-refractivity contribution in [2.75, 3.05) is 13.7 Å². The number of piperidine rings is 1. The standard InChI is InChI=1S/C18H24N2O2/c1-13-11-15-5-6-16(12-13)20(15)18(21)19-10-9-14-3-7-17(22-2)8-4-14/h3-4,7-8,15-16H,1,5-6,9-12H2,2H3,(H,19,21). The van der Waals surface area contributed by atoms with Gasteiger partial charge in [0.25, 0.3) is 0 Å². The number of fused-ring (bicyclic) bond motifs is 2. The average molecular weight is 300 g/mol. The van der Waals surface area contributed by atoms with Gasteiger partial charge in [-0.15, -0.1) is 0 Å². The molecule has 2 heterocycles. The molecule has 1 N–H and O–H groups in total. The van der Waals surface area contributed by atoms with Crippen LogP contribution in [0, 0.1) is 0 Å². The largest absolute Gasteiger partial charge is 0.497 e. The third-order valence-corrected chi connectivity index (χ3v) is 4.75. The van der Waals surface area contributed by atoms with Crippen molar-refractivity contribution >= 4 is 6.03 Å². The predicted octanol–water partition coefficient (Wildman–Crippen LogP) is 3.13. The second kappa shape index (κ2) is 6.42. The molecule has 22 heavy (non-hydrogen) atoms. The van der Waals surface area contributed by atoms with Gasteiger partial charge in [0.05, 0.1) is 7.11 Å². The van der Waals surface area contributed by atoms with Crippen molar-refractivity contribution in [1.82, 2.24) is 10.2 Å². The van der Waals surface area contributed by atoms with Crippen molar-refractivity contribution in [2.45, 2.75) is 44.2 Å². The van der Waals surface area contributed by atoms with Gasteiger partial charge in [-0.25, -0.2) is 4.79 Å². The third-order valence-electron chi connectivity index (χ3n) is 4.75. The summed E-state index contributed by atoms with van der Waals surface area (Å²) in [6.07, 6.45) is 5.03. The lowest BCUT2D eigenvalue weighted by Crippen LogP contribution is -2.49. The molecule has 2 atom stereocenters. The van der Waals surface area contributed by atoms with E-state index in [-0.39, 0.29) is 6.03 Å². The Balaban J connectivity index is 1.49. The van der Waals surface area contributed by atoms with Crippen LogP contribution in [0.15, 0.2) is 36.4 Å². The summed E-state index contributed by atoms with van der Waals surface area (Å²) in [4.78, 5) is 14.5. The summed E-state index contributed by atoms with van der Waals surface area (Å²) >= 11 is 0. The average Bonchev–Trinajstić information content (AvgIpc) is 2.80. The van der Waals surface area contributed by atoms with Crippen LogP contribution in [0.2, 0.25) is 0 Å². The van der Waals surface area contributed by atoms with E-state index in [4.69, 9.17) is 4.74 Å². The number of nitrogens with one attached hydrogen (secondary N) is 1. The Bertz CT molecular complexity index is 537. The molecule has 2 amide bonds. The summed E-state index contributed by atoms with van der Waals surface area (Å²) in [5.74, 6) is 0.859. The van der Waals surface area contributed by atoms with Crippen LogP contribution >= 0.6 is 0 Å². The van der Waals surface area contributed by atoms with E-state index in [0.29, 0.717) is 18.6 Å². The Hall–Kier alpha value is -1.97. The number of rotatable bonds is 4. The molecule has 2 bridgehead atoms. The first-order valence-electron chi connectivity index (χ1n) is 8.03. The second-order valence-electron chi connectivity index (χ2n) is 6.28. The lowest BCUT2D eigenvalue weighted by Gasteiger charge is -2.35. The Kier molecular flexibility index (Phi) is 4.36. The molecule has 0 aliphatic carbocycles. The zero-order chi connectivity index (χ0) is 15.5. The minimum absolute atomic E-state index is 0.0912. The number of nitrogens with zero attached hydrogens (tertiary/aromatic N) is 1. The van der Waals surface area contributed by atoms with Gasteiger partial charge in [0.1, 0.15) is 5.75 Å². The van der Waals surface area contributed by atoms with Gasteiger partial charge in [-0.2, -0.15) is 0 Å². The summed E-state index contributed by atoms with van der Waals surface area (Å²) in [6.45, 7) is 4.76. The highest BCUT2D eigenvalue weighted by Gasteiger charge is 2.40. The number of carbonyl (C=O) groups is 1. The molecule has 0 saturated carbocycles. The molecule has 0 aromatic heterocycles. The molecular weight excluding hydrogens is 276 g/mol. The molecule has 3 rings (SSSR count). The fraction of sp³-hybridized carbons (Fsp3) is 0.500. The SMILES string of the molecule is C=C1CC2CCC(C1)N2C(=O)NCCc1ccc(OC)cc1. The Morgan fingerprint density at radius 1 is 1.27 bits per heavy atom. The zero-order valence-electron chi connectivity index (χ0n) is 13.2. The third kappa shape index (κ3) is 3.11. The fourth-order valence-electron chi connectivity index (χ4n) is 3.64. The van der Waals surface area contributed by atoms with Gasteiger partial charge in [0.15, 0.2) is 0 Å². The molecule has 2 aliphatic heterocycles. The van der Waals surface area contributed by atoms with E-state index < -0.39 is 0 Å². The normalized spacial score (nSPS) is 23.5. The van der Waals surface area contributed by atoms with Gasteiger partial charge < -0.3 is 15.0 Å². The van der Waals surface area contributed by atoms with Gasteiger partial charge in [0.2, 0.25) is 0 Å². The summed E-state index contributed by atoms with van der Waals surface area (Å²) in [6, 6.07) is 8.81. The molecule has 1 aromatic rings. The van der Waals surface area contributed by atoms with Crippen LogP contribution < -0.4 is 10.1 Å². The van der Waals surface area contributed by atoms with Crippen LogP contribution in [0.25, 0.3) is 0 Å². The number of ether oxygens (including phenoxy) is 1. The van der Waals surface area contributed by atoms with Gasteiger partial charge >= 0.3 is 6.03 Å². The van der Waals surface area contributed by atoms with E-state index in [0.717, 1.165) is 37.9 Å². The van der Waals surface area contributed by atoms with E-state index in [1.54, 1.807) is 7.11 Å². The van der Waals surface area contributed by atoms with Crippen molar-refractivity contribution in [3.63, 3.8) is 0 Å². The Morgan fingerprint density at radius 3 is 2.50 bits per heavy atom. The molecule has 4 heteroatoms. The zero-order valence-corrected chi connectivity index (χ0v) is 13.2. The van der Waals surface area contributed by atoms with E-state index in [1.807, 2.05) is 24.3 Å². The Labute approximate surface area is 132 Å². The highest BCUT2D eigenvalue weighted by atomic mass is 16.5. The number of hydrogen-bond donors (Lipinski definition) is 1. The highest BCUT2D eigenvalue weighted by molar-refractivity contribution is 5.75. The molecular formula is C18H24N2O2. The molecule has 2 saturated heterocycles. The predicted molar refractivity (Wildman–Crippen MR) is 87.1 cm³/mol. The molecule has 2 fully saturated rings. The lowest BCUT2D eigenvalue weighted by molar-refractivity contribution is 0.161. The summed E-state index contributed by atoms with van der Waals surface area (Å²) in [7, 11) is 1.66. The van der Waals surface area contributed by atoms with E-state index in [1.165, 1.54) is 11.1 Å². The minimum atomic E-state index is 0.0912. The molecule has 118 valence electrons. The maximum Gasteiger partial charge on any atom is 0.317 e. The van der Waals surface area contributed by atoms with Crippen molar-refractivity contribution < 1.29 is 9.53 Å². The highest BCUT2D eigenvalue weighted by Crippen LogP contribution is 2.37. The first-order valence-corrected chi connectivity index (χ1v) is 8.03. The number of urea groups is 1. The maximum absolute atomic E-state index is 12.4. The van der Waals surface area contributed by atoms with Gasteiger partial charge in [0, 0.05) is 18.6 Å². The monoisotopic (exact) mass is 300 g/mol. The summed E-state index contributed by atoms with van der Waals surface area (Å²) < 4.78 is 5.15. The van der Waals surface area contributed by atoms with Crippen molar-refractivity contribution in [3.8, 4) is 5.75 Å².